The monoisotopic (exact) mass is 344 g/mol. The zero-order valence-corrected chi connectivity index (χ0v) is 14.2. The molecule has 0 radical (unpaired) electrons. The molecular weight excluding hydrogens is 328 g/mol. The van der Waals surface area contributed by atoms with E-state index in [1.165, 1.54) is 11.3 Å². The fourth-order valence-electron chi connectivity index (χ4n) is 1.94. The molecule has 0 aliphatic carbocycles. The van der Waals surface area contributed by atoms with Crippen molar-refractivity contribution in [2.45, 2.75) is 24.9 Å². The molecule has 0 bridgehead atoms. The number of sulfonamides is 1. The lowest BCUT2D eigenvalue weighted by molar-refractivity contribution is 0.581. The van der Waals surface area contributed by atoms with Crippen LogP contribution in [0.15, 0.2) is 35.2 Å². The Balaban J connectivity index is 2.20. The topological polar surface area (TPSA) is 58.2 Å². The van der Waals surface area contributed by atoms with Crippen LogP contribution in [-0.2, 0) is 23.1 Å². The molecule has 0 aliphatic heterocycles. The normalized spacial score (nSPS) is 11.8. The highest BCUT2D eigenvalue weighted by Gasteiger charge is 2.17. The summed E-state index contributed by atoms with van der Waals surface area (Å²) in [6.07, 6.45) is 0. The van der Waals surface area contributed by atoms with Gasteiger partial charge in [0.1, 0.15) is 0 Å². The zero-order valence-electron chi connectivity index (χ0n) is 11.8. The van der Waals surface area contributed by atoms with Crippen molar-refractivity contribution in [3.63, 3.8) is 0 Å². The Kier molecular flexibility index (Phi) is 5.40. The van der Waals surface area contributed by atoms with Crippen LogP contribution in [0.25, 0.3) is 0 Å². The molecule has 1 aromatic heterocycles. The molecule has 0 fully saturated rings. The molecule has 0 atom stereocenters. The number of benzene rings is 1. The molecule has 7 heteroatoms. The molecule has 2 rings (SSSR count). The maximum Gasteiger partial charge on any atom is 0.241 e. The minimum absolute atomic E-state index is 0.245. The van der Waals surface area contributed by atoms with E-state index in [4.69, 9.17) is 11.6 Å². The van der Waals surface area contributed by atoms with E-state index in [1.54, 1.807) is 19.1 Å². The zero-order chi connectivity index (χ0) is 15.5. The van der Waals surface area contributed by atoms with Gasteiger partial charge in [-0.25, -0.2) is 13.1 Å². The highest BCUT2D eigenvalue weighted by Crippen LogP contribution is 2.22. The minimum Gasteiger partial charge on any atom is -0.316 e. The van der Waals surface area contributed by atoms with Crippen molar-refractivity contribution in [3.05, 3.63) is 50.7 Å². The van der Waals surface area contributed by atoms with Crippen LogP contribution in [0.2, 0.25) is 4.34 Å². The molecule has 1 heterocycles. The van der Waals surface area contributed by atoms with E-state index in [0.717, 1.165) is 16.0 Å². The summed E-state index contributed by atoms with van der Waals surface area (Å²) >= 11 is 7.21. The first-order valence-corrected chi connectivity index (χ1v) is 9.08. The van der Waals surface area contributed by atoms with Gasteiger partial charge in [0.25, 0.3) is 0 Å². The molecule has 0 spiro atoms. The molecular formula is C14H17ClN2O2S2. The van der Waals surface area contributed by atoms with Gasteiger partial charge in [0.05, 0.1) is 9.23 Å². The van der Waals surface area contributed by atoms with E-state index in [0.29, 0.717) is 15.8 Å². The van der Waals surface area contributed by atoms with E-state index in [2.05, 4.69) is 10.0 Å². The summed E-state index contributed by atoms with van der Waals surface area (Å²) in [6.45, 7) is 2.67. The molecule has 4 nitrogen and oxygen atoms in total. The second kappa shape index (κ2) is 6.89. The van der Waals surface area contributed by atoms with Gasteiger partial charge in [-0.2, -0.15) is 0 Å². The van der Waals surface area contributed by atoms with Gasteiger partial charge in [-0.15, -0.1) is 11.3 Å². The van der Waals surface area contributed by atoms with Crippen LogP contribution in [0.5, 0.6) is 0 Å². The lowest BCUT2D eigenvalue weighted by Gasteiger charge is -2.10. The van der Waals surface area contributed by atoms with Crippen molar-refractivity contribution in [2.75, 3.05) is 7.05 Å². The second-order valence-corrected chi connectivity index (χ2v) is 8.20. The Labute approximate surface area is 134 Å². The Morgan fingerprint density at radius 2 is 1.95 bits per heavy atom. The molecule has 0 aliphatic rings. The van der Waals surface area contributed by atoms with Gasteiger partial charge in [0.15, 0.2) is 0 Å². The maximum atomic E-state index is 12.4. The number of hydrogen-bond acceptors (Lipinski definition) is 4. The fraction of sp³-hybridized carbons (Fsp3) is 0.286. The third-order valence-electron chi connectivity index (χ3n) is 2.99. The smallest absolute Gasteiger partial charge is 0.241 e. The number of nitrogens with one attached hydrogen (secondary N) is 2. The lowest BCUT2D eigenvalue weighted by Crippen LogP contribution is -2.24. The largest absolute Gasteiger partial charge is 0.316 e. The molecule has 0 unspecified atom stereocenters. The molecule has 114 valence electrons. The van der Waals surface area contributed by atoms with Crippen molar-refractivity contribution in [2.24, 2.45) is 0 Å². The van der Waals surface area contributed by atoms with Crippen LogP contribution in [0.4, 0.5) is 0 Å². The third-order valence-corrected chi connectivity index (χ3v) is 5.76. The van der Waals surface area contributed by atoms with Gasteiger partial charge >= 0.3 is 0 Å². The van der Waals surface area contributed by atoms with Crippen LogP contribution in [-0.4, -0.2) is 15.5 Å². The van der Waals surface area contributed by atoms with Gasteiger partial charge in [-0.05, 0) is 43.3 Å². The van der Waals surface area contributed by atoms with Crippen molar-refractivity contribution in [3.8, 4) is 0 Å². The number of hydrogen-bond donors (Lipinski definition) is 2. The number of thiophene rings is 1. The van der Waals surface area contributed by atoms with Crippen molar-refractivity contribution in [1.29, 1.82) is 0 Å². The second-order valence-electron chi connectivity index (χ2n) is 4.66. The number of halogens is 1. The third kappa shape index (κ3) is 4.28. The summed E-state index contributed by atoms with van der Waals surface area (Å²) in [5, 5.41) is 3.01. The summed E-state index contributed by atoms with van der Waals surface area (Å²) < 4.78 is 28.1. The Morgan fingerprint density at radius 1 is 1.19 bits per heavy atom. The van der Waals surface area contributed by atoms with Crippen molar-refractivity contribution >= 4 is 33.0 Å². The Hall–Kier alpha value is -0.920. The maximum absolute atomic E-state index is 12.4. The molecule has 0 saturated heterocycles. The Bertz CT molecular complexity index is 726. The van der Waals surface area contributed by atoms with Crippen LogP contribution < -0.4 is 10.0 Å². The SMILES string of the molecule is CNCc1ccc(C)c(S(=O)(=O)NCc2ccc(Cl)s2)c1. The number of aryl methyl sites for hydroxylation is 1. The summed E-state index contributed by atoms with van der Waals surface area (Å²) in [6, 6.07) is 9.02. The first-order chi connectivity index (χ1) is 9.92. The average molecular weight is 345 g/mol. The van der Waals surface area contributed by atoms with E-state index in [-0.39, 0.29) is 6.54 Å². The van der Waals surface area contributed by atoms with Crippen LogP contribution in [0, 0.1) is 6.92 Å². The molecule has 0 saturated carbocycles. The van der Waals surface area contributed by atoms with E-state index in [1.807, 2.05) is 25.2 Å². The minimum atomic E-state index is -3.53. The molecule has 21 heavy (non-hydrogen) atoms. The van der Waals surface area contributed by atoms with E-state index in [9.17, 15) is 8.42 Å². The number of rotatable bonds is 6. The van der Waals surface area contributed by atoms with E-state index >= 15 is 0 Å². The molecule has 1 aromatic carbocycles. The fourth-order valence-corrected chi connectivity index (χ4v) is 4.36. The van der Waals surface area contributed by atoms with Gasteiger partial charge in [0, 0.05) is 18.0 Å². The predicted octanol–water partition coefficient (Wildman–Crippen LogP) is 2.91. The van der Waals surface area contributed by atoms with Crippen molar-refractivity contribution in [1.82, 2.24) is 10.0 Å². The summed E-state index contributed by atoms with van der Waals surface area (Å²) in [7, 11) is -1.71. The summed E-state index contributed by atoms with van der Waals surface area (Å²) in [5.74, 6) is 0. The first-order valence-electron chi connectivity index (χ1n) is 6.40. The predicted molar refractivity (Wildman–Crippen MR) is 87.3 cm³/mol. The van der Waals surface area contributed by atoms with Gasteiger partial charge in [-0.3, -0.25) is 0 Å². The van der Waals surface area contributed by atoms with Crippen molar-refractivity contribution < 1.29 is 8.42 Å². The Morgan fingerprint density at radius 3 is 2.57 bits per heavy atom. The van der Waals surface area contributed by atoms with Gasteiger partial charge in [0.2, 0.25) is 10.0 Å². The van der Waals surface area contributed by atoms with Gasteiger partial charge < -0.3 is 5.32 Å². The van der Waals surface area contributed by atoms with E-state index < -0.39 is 10.0 Å². The first kappa shape index (κ1) is 16.5. The molecule has 2 aromatic rings. The molecule has 2 N–H and O–H groups in total. The van der Waals surface area contributed by atoms with Crippen LogP contribution in [0.1, 0.15) is 16.0 Å². The molecule has 0 amide bonds. The standard InChI is InChI=1S/C14H17ClN2O2S2/c1-10-3-4-11(8-16-2)7-13(10)21(18,19)17-9-12-5-6-14(15)20-12/h3-7,16-17H,8-9H2,1-2H3. The highest BCUT2D eigenvalue weighted by atomic mass is 35.5. The summed E-state index contributed by atoms with van der Waals surface area (Å²) in [5.41, 5.74) is 1.66. The summed E-state index contributed by atoms with van der Waals surface area (Å²) in [4.78, 5) is 1.20. The van der Waals surface area contributed by atoms with Gasteiger partial charge in [-0.1, -0.05) is 23.7 Å². The highest BCUT2D eigenvalue weighted by molar-refractivity contribution is 7.89. The van der Waals surface area contributed by atoms with Crippen LogP contribution >= 0.6 is 22.9 Å². The quantitative estimate of drug-likeness (QED) is 0.847. The van der Waals surface area contributed by atoms with Crippen LogP contribution in [0.3, 0.4) is 0 Å². The lowest BCUT2D eigenvalue weighted by atomic mass is 10.1. The average Bonchev–Trinajstić information content (AvgIpc) is 2.85.